The van der Waals surface area contributed by atoms with Gasteiger partial charge in [-0.05, 0) is 65.9 Å². The molecule has 1 fully saturated rings. The maximum absolute atomic E-state index is 13.7. The van der Waals surface area contributed by atoms with Crippen LogP contribution >= 0.6 is 0 Å². The largest absolute Gasteiger partial charge is 0.343 e. The molecule has 0 saturated carbocycles. The number of nitrogens with zero attached hydrogens (tertiary/aromatic N) is 4. The Labute approximate surface area is 208 Å². The summed E-state index contributed by atoms with van der Waals surface area (Å²) in [4.78, 5) is 12.6. The van der Waals surface area contributed by atoms with Gasteiger partial charge in [-0.2, -0.15) is 0 Å². The van der Waals surface area contributed by atoms with E-state index in [9.17, 15) is 12.8 Å². The molecule has 7 nitrogen and oxygen atoms in total. The van der Waals surface area contributed by atoms with Crippen LogP contribution in [-0.4, -0.2) is 51.6 Å². The quantitative estimate of drug-likeness (QED) is 0.370. The fourth-order valence-electron chi connectivity index (χ4n) is 5.20. The van der Waals surface area contributed by atoms with Crippen LogP contribution in [0.25, 0.3) is 33.2 Å². The molecule has 0 amide bonds. The zero-order chi connectivity index (χ0) is 24.9. The van der Waals surface area contributed by atoms with Crippen molar-refractivity contribution in [3.05, 3.63) is 84.2 Å². The van der Waals surface area contributed by atoms with Gasteiger partial charge in [-0.1, -0.05) is 18.2 Å². The molecule has 184 valence electrons. The molecule has 36 heavy (non-hydrogen) atoms. The average molecular weight is 504 g/mol. The van der Waals surface area contributed by atoms with Gasteiger partial charge in [0.2, 0.25) is 10.0 Å². The molecule has 0 radical (unpaired) electrons. The van der Waals surface area contributed by atoms with Crippen molar-refractivity contribution < 1.29 is 12.8 Å². The Balaban J connectivity index is 1.33. The van der Waals surface area contributed by atoms with Gasteiger partial charge in [0.15, 0.2) is 0 Å². The van der Waals surface area contributed by atoms with Gasteiger partial charge < -0.3 is 9.55 Å². The third-order valence-corrected chi connectivity index (χ3v) is 8.39. The zero-order valence-electron chi connectivity index (χ0n) is 19.9. The number of fused-ring (bicyclic) bond motifs is 2. The Morgan fingerprint density at radius 2 is 1.89 bits per heavy atom. The number of sulfonamides is 1. The molecule has 1 aliphatic heterocycles. The fraction of sp³-hybridized carbons (Fsp3) is 0.259. The van der Waals surface area contributed by atoms with Gasteiger partial charge in [-0.25, -0.2) is 27.1 Å². The second-order valence-electron chi connectivity index (χ2n) is 9.49. The topological polar surface area (TPSA) is 83.9 Å². The third kappa shape index (κ3) is 4.29. The molecule has 2 aromatic carbocycles. The van der Waals surface area contributed by atoms with Crippen molar-refractivity contribution in [2.45, 2.75) is 25.3 Å². The van der Waals surface area contributed by atoms with Crippen molar-refractivity contribution >= 4 is 32.1 Å². The van der Waals surface area contributed by atoms with Crippen molar-refractivity contribution in [3.8, 4) is 11.1 Å². The number of benzene rings is 2. The summed E-state index contributed by atoms with van der Waals surface area (Å²) in [6.45, 7) is 1.60. The zero-order valence-corrected chi connectivity index (χ0v) is 20.7. The lowest BCUT2D eigenvalue weighted by Crippen LogP contribution is -2.37. The van der Waals surface area contributed by atoms with E-state index in [4.69, 9.17) is 0 Å². The number of imidazole rings is 1. The van der Waals surface area contributed by atoms with E-state index in [0.717, 1.165) is 57.3 Å². The summed E-state index contributed by atoms with van der Waals surface area (Å²) < 4.78 is 41.0. The van der Waals surface area contributed by atoms with E-state index in [0.29, 0.717) is 19.6 Å². The highest BCUT2D eigenvalue weighted by Crippen LogP contribution is 2.35. The molecule has 1 aliphatic rings. The molecule has 0 aliphatic carbocycles. The Kier molecular flexibility index (Phi) is 5.61. The van der Waals surface area contributed by atoms with Crippen molar-refractivity contribution in [2.75, 3.05) is 19.3 Å². The van der Waals surface area contributed by atoms with Gasteiger partial charge in [0.05, 0.1) is 23.6 Å². The first kappa shape index (κ1) is 22.9. The summed E-state index contributed by atoms with van der Waals surface area (Å²) in [5, 5.41) is 1.04. The Morgan fingerprint density at radius 1 is 1.06 bits per heavy atom. The number of H-pyrrole nitrogens is 1. The highest BCUT2D eigenvalue weighted by atomic mass is 32.2. The molecule has 9 heteroatoms. The number of piperidine rings is 1. The predicted molar refractivity (Wildman–Crippen MR) is 139 cm³/mol. The van der Waals surface area contributed by atoms with E-state index in [1.54, 1.807) is 29.0 Å². The molecule has 1 saturated heterocycles. The van der Waals surface area contributed by atoms with Crippen LogP contribution in [0.1, 0.15) is 30.0 Å². The van der Waals surface area contributed by atoms with Crippen molar-refractivity contribution in [1.29, 1.82) is 0 Å². The van der Waals surface area contributed by atoms with E-state index in [1.807, 2.05) is 22.8 Å². The van der Waals surface area contributed by atoms with E-state index < -0.39 is 10.0 Å². The molecule has 0 bridgehead atoms. The Hall–Kier alpha value is -3.56. The standard InChI is InChI=1S/C27H26FN5O2S/c1-36(34,35)33-11-8-19(9-12-33)25-15-23-22(7-10-29-27(23)31-25)20-5-6-24-26(14-20)32(17-30-24)16-18-3-2-4-21(28)13-18/h2-7,10,13-15,17,19H,8-9,11-12,16H2,1H3,(H,29,31). The molecule has 0 unspecified atom stereocenters. The van der Waals surface area contributed by atoms with Crippen molar-refractivity contribution in [2.24, 2.45) is 0 Å². The average Bonchev–Trinajstić information content (AvgIpc) is 3.48. The maximum Gasteiger partial charge on any atom is 0.211 e. The minimum Gasteiger partial charge on any atom is -0.343 e. The first-order valence-electron chi connectivity index (χ1n) is 12.0. The summed E-state index contributed by atoms with van der Waals surface area (Å²) in [5.74, 6) is 0.0160. The van der Waals surface area contributed by atoms with Gasteiger partial charge in [-0.15, -0.1) is 0 Å². The van der Waals surface area contributed by atoms with Crippen LogP contribution in [0.15, 0.2) is 67.1 Å². The number of aromatic nitrogens is 4. The van der Waals surface area contributed by atoms with E-state index >= 15 is 0 Å². The summed E-state index contributed by atoms with van der Waals surface area (Å²) in [7, 11) is -3.15. The maximum atomic E-state index is 13.7. The van der Waals surface area contributed by atoms with Crippen LogP contribution < -0.4 is 0 Å². The molecule has 1 N–H and O–H groups in total. The highest BCUT2D eigenvalue weighted by molar-refractivity contribution is 7.88. The van der Waals surface area contributed by atoms with Crippen LogP contribution in [0.5, 0.6) is 0 Å². The highest BCUT2D eigenvalue weighted by Gasteiger charge is 2.27. The van der Waals surface area contributed by atoms with E-state index in [-0.39, 0.29) is 11.7 Å². The summed E-state index contributed by atoms with van der Waals surface area (Å²) in [6, 6.07) is 17.0. The van der Waals surface area contributed by atoms with Crippen LogP contribution in [0.2, 0.25) is 0 Å². The van der Waals surface area contributed by atoms with Gasteiger partial charge >= 0.3 is 0 Å². The number of halogens is 1. The molecular weight excluding hydrogens is 477 g/mol. The van der Waals surface area contributed by atoms with Crippen LogP contribution in [-0.2, 0) is 16.6 Å². The van der Waals surface area contributed by atoms with Gasteiger partial charge in [0.25, 0.3) is 0 Å². The normalized spacial score (nSPS) is 15.7. The number of hydrogen-bond acceptors (Lipinski definition) is 4. The summed E-state index contributed by atoms with van der Waals surface area (Å²) in [6.07, 6.45) is 6.42. The minimum atomic E-state index is -3.15. The lowest BCUT2D eigenvalue weighted by molar-refractivity contribution is 0.319. The van der Waals surface area contributed by atoms with Gasteiger partial charge in [0.1, 0.15) is 11.5 Å². The number of rotatable bonds is 5. The second-order valence-corrected chi connectivity index (χ2v) is 11.5. The molecule has 6 rings (SSSR count). The minimum absolute atomic E-state index is 0.248. The monoisotopic (exact) mass is 503 g/mol. The first-order chi connectivity index (χ1) is 17.3. The number of hydrogen-bond donors (Lipinski definition) is 1. The lowest BCUT2D eigenvalue weighted by atomic mass is 9.94. The predicted octanol–water partition coefficient (Wildman–Crippen LogP) is 4.91. The molecule has 0 spiro atoms. The van der Waals surface area contributed by atoms with Crippen LogP contribution in [0, 0.1) is 5.82 Å². The SMILES string of the molecule is CS(=O)(=O)N1CCC(c2cc3c(-c4ccc5ncn(Cc6cccc(F)c6)c5c4)ccnc3[nH]2)CC1. The van der Waals surface area contributed by atoms with E-state index in [1.165, 1.54) is 12.3 Å². The van der Waals surface area contributed by atoms with Crippen molar-refractivity contribution in [3.63, 3.8) is 0 Å². The lowest BCUT2D eigenvalue weighted by Gasteiger charge is -2.29. The smallest absolute Gasteiger partial charge is 0.211 e. The van der Waals surface area contributed by atoms with Gasteiger partial charge in [0, 0.05) is 42.8 Å². The number of aromatic amines is 1. The van der Waals surface area contributed by atoms with E-state index in [2.05, 4.69) is 33.2 Å². The molecule has 4 heterocycles. The summed E-state index contributed by atoms with van der Waals surface area (Å²) in [5.41, 5.74) is 6.77. The fourth-order valence-corrected chi connectivity index (χ4v) is 6.07. The van der Waals surface area contributed by atoms with Gasteiger partial charge in [-0.3, -0.25) is 0 Å². The number of pyridine rings is 1. The van der Waals surface area contributed by atoms with Crippen molar-refractivity contribution in [1.82, 2.24) is 23.8 Å². The first-order valence-corrected chi connectivity index (χ1v) is 13.8. The molecular formula is C27H26FN5O2S. The Morgan fingerprint density at radius 3 is 2.67 bits per heavy atom. The number of nitrogens with one attached hydrogen (secondary N) is 1. The van der Waals surface area contributed by atoms with Crippen LogP contribution in [0.3, 0.4) is 0 Å². The molecule has 5 aromatic rings. The second kappa shape index (κ2) is 8.83. The van der Waals surface area contributed by atoms with Crippen LogP contribution in [0.4, 0.5) is 4.39 Å². The molecule has 0 atom stereocenters. The summed E-state index contributed by atoms with van der Waals surface area (Å²) >= 11 is 0. The Bertz CT molecular complexity index is 1680. The third-order valence-electron chi connectivity index (χ3n) is 7.09. The molecule has 3 aromatic heterocycles.